The highest BCUT2D eigenvalue weighted by molar-refractivity contribution is 5.22. The highest BCUT2D eigenvalue weighted by Crippen LogP contribution is 2.06. The van der Waals surface area contributed by atoms with Gasteiger partial charge in [0, 0.05) is 19.0 Å². The first-order valence-corrected chi connectivity index (χ1v) is 6.04. The van der Waals surface area contributed by atoms with Crippen molar-refractivity contribution in [1.29, 1.82) is 0 Å². The standard InChI is InChI=1S/C15H21N/c1-4-7-15(6-3)16-12-14-10-8-13(5-2)9-11-14/h1,8-11,15-16H,5-7,12H2,2-3H3. The van der Waals surface area contributed by atoms with E-state index in [9.17, 15) is 0 Å². The molecule has 0 bridgehead atoms. The number of benzene rings is 1. The molecule has 0 aromatic heterocycles. The van der Waals surface area contributed by atoms with E-state index in [1.807, 2.05) is 0 Å². The predicted molar refractivity (Wildman–Crippen MR) is 70.2 cm³/mol. The van der Waals surface area contributed by atoms with E-state index < -0.39 is 0 Å². The smallest absolute Gasteiger partial charge is 0.0240 e. The molecule has 0 amide bonds. The maximum Gasteiger partial charge on any atom is 0.0240 e. The molecule has 1 unspecified atom stereocenters. The van der Waals surface area contributed by atoms with Crippen molar-refractivity contribution in [3.8, 4) is 12.3 Å². The molecule has 1 aromatic carbocycles. The van der Waals surface area contributed by atoms with Crippen molar-refractivity contribution in [2.24, 2.45) is 0 Å². The van der Waals surface area contributed by atoms with Crippen LogP contribution in [0.1, 0.15) is 37.8 Å². The average molecular weight is 215 g/mol. The van der Waals surface area contributed by atoms with E-state index in [-0.39, 0.29) is 0 Å². The zero-order valence-electron chi connectivity index (χ0n) is 10.3. The molecule has 1 rings (SSSR count). The Morgan fingerprint density at radius 3 is 2.31 bits per heavy atom. The Morgan fingerprint density at radius 2 is 1.81 bits per heavy atom. The highest BCUT2D eigenvalue weighted by Gasteiger charge is 2.03. The zero-order valence-corrected chi connectivity index (χ0v) is 10.3. The van der Waals surface area contributed by atoms with Gasteiger partial charge < -0.3 is 5.32 Å². The fourth-order valence-electron chi connectivity index (χ4n) is 1.66. The van der Waals surface area contributed by atoms with Gasteiger partial charge in [-0.05, 0) is 24.0 Å². The molecule has 16 heavy (non-hydrogen) atoms. The van der Waals surface area contributed by atoms with Gasteiger partial charge in [0.15, 0.2) is 0 Å². The number of terminal acetylenes is 1. The van der Waals surface area contributed by atoms with Crippen LogP contribution in [-0.2, 0) is 13.0 Å². The van der Waals surface area contributed by atoms with E-state index in [2.05, 4.69) is 49.4 Å². The molecular weight excluding hydrogens is 194 g/mol. The minimum absolute atomic E-state index is 0.441. The lowest BCUT2D eigenvalue weighted by atomic mass is 10.1. The SMILES string of the molecule is C#CCC(CC)NCc1ccc(CC)cc1. The minimum Gasteiger partial charge on any atom is -0.309 e. The Bertz CT molecular complexity index is 331. The number of hydrogen-bond donors (Lipinski definition) is 1. The summed E-state index contributed by atoms with van der Waals surface area (Å²) in [7, 11) is 0. The normalized spacial score (nSPS) is 12.1. The molecule has 0 aliphatic rings. The molecule has 0 spiro atoms. The summed E-state index contributed by atoms with van der Waals surface area (Å²) in [6.07, 6.45) is 8.31. The summed E-state index contributed by atoms with van der Waals surface area (Å²) in [5.41, 5.74) is 2.71. The van der Waals surface area contributed by atoms with Crippen molar-refractivity contribution in [3.63, 3.8) is 0 Å². The largest absolute Gasteiger partial charge is 0.309 e. The Labute approximate surface area is 99.3 Å². The third-order valence-electron chi connectivity index (χ3n) is 2.88. The predicted octanol–water partition coefficient (Wildman–Crippen LogP) is 3.14. The molecule has 1 N–H and O–H groups in total. The van der Waals surface area contributed by atoms with Gasteiger partial charge in [-0.3, -0.25) is 0 Å². The number of nitrogens with one attached hydrogen (secondary N) is 1. The molecule has 1 heteroatoms. The van der Waals surface area contributed by atoms with E-state index in [1.165, 1.54) is 11.1 Å². The zero-order chi connectivity index (χ0) is 11.8. The summed E-state index contributed by atoms with van der Waals surface area (Å²) in [6, 6.07) is 9.21. The van der Waals surface area contributed by atoms with Crippen molar-refractivity contribution < 1.29 is 0 Å². The molecule has 0 heterocycles. The number of aryl methyl sites for hydroxylation is 1. The molecule has 0 saturated heterocycles. The van der Waals surface area contributed by atoms with Gasteiger partial charge in [0.2, 0.25) is 0 Å². The molecule has 1 atom stereocenters. The lowest BCUT2D eigenvalue weighted by molar-refractivity contribution is 0.507. The Balaban J connectivity index is 2.44. The number of hydrogen-bond acceptors (Lipinski definition) is 1. The van der Waals surface area contributed by atoms with Crippen molar-refractivity contribution in [2.75, 3.05) is 0 Å². The van der Waals surface area contributed by atoms with Gasteiger partial charge in [0.25, 0.3) is 0 Å². The summed E-state index contributed by atoms with van der Waals surface area (Å²) in [5, 5.41) is 3.48. The summed E-state index contributed by atoms with van der Waals surface area (Å²) in [6.45, 7) is 5.24. The van der Waals surface area contributed by atoms with Crippen LogP contribution in [0.5, 0.6) is 0 Å². The van der Waals surface area contributed by atoms with Crippen LogP contribution in [0.2, 0.25) is 0 Å². The molecule has 0 aliphatic carbocycles. The molecule has 0 radical (unpaired) electrons. The van der Waals surface area contributed by atoms with Crippen molar-refractivity contribution in [2.45, 2.75) is 45.7 Å². The van der Waals surface area contributed by atoms with Crippen molar-refractivity contribution in [3.05, 3.63) is 35.4 Å². The van der Waals surface area contributed by atoms with E-state index in [4.69, 9.17) is 6.42 Å². The minimum atomic E-state index is 0.441. The highest BCUT2D eigenvalue weighted by atomic mass is 14.9. The molecule has 86 valence electrons. The van der Waals surface area contributed by atoms with Gasteiger partial charge in [0.1, 0.15) is 0 Å². The van der Waals surface area contributed by atoms with Gasteiger partial charge in [-0.15, -0.1) is 12.3 Å². The molecule has 0 aliphatic heterocycles. The summed E-state index contributed by atoms with van der Waals surface area (Å²) in [5.74, 6) is 2.71. The first-order valence-electron chi connectivity index (χ1n) is 6.04. The van der Waals surface area contributed by atoms with E-state index >= 15 is 0 Å². The van der Waals surface area contributed by atoms with E-state index in [0.29, 0.717) is 6.04 Å². The fraction of sp³-hybridized carbons (Fsp3) is 0.467. The van der Waals surface area contributed by atoms with Gasteiger partial charge in [-0.1, -0.05) is 38.1 Å². The Hall–Kier alpha value is -1.26. The van der Waals surface area contributed by atoms with Gasteiger partial charge in [-0.2, -0.15) is 0 Å². The van der Waals surface area contributed by atoms with Gasteiger partial charge in [-0.25, -0.2) is 0 Å². The monoisotopic (exact) mass is 215 g/mol. The van der Waals surface area contributed by atoms with Crippen LogP contribution in [-0.4, -0.2) is 6.04 Å². The summed E-state index contributed by atoms with van der Waals surface area (Å²) >= 11 is 0. The fourth-order valence-corrected chi connectivity index (χ4v) is 1.66. The second-order valence-corrected chi connectivity index (χ2v) is 4.06. The number of rotatable bonds is 6. The third kappa shape index (κ3) is 4.08. The summed E-state index contributed by atoms with van der Waals surface area (Å²) < 4.78 is 0. The Morgan fingerprint density at radius 1 is 1.19 bits per heavy atom. The molecule has 1 aromatic rings. The Kier molecular flexibility index (Phi) is 5.67. The molecule has 0 saturated carbocycles. The quantitative estimate of drug-likeness (QED) is 0.719. The molecular formula is C15H21N. The van der Waals surface area contributed by atoms with Crippen LogP contribution in [0.3, 0.4) is 0 Å². The second kappa shape index (κ2) is 7.09. The average Bonchev–Trinajstić information content (AvgIpc) is 2.35. The van der Waals surface area contributed by atoms with E-state index in [1.54, 1.807) is 0 Å². The second-order valence-electron chi connectivity index (χ2n) is 4.06. The first-order chi connectivity index (χ1) is 7.80. The molecule has 1 nitrogen and oxygen atoms in total. The maximum atomic E-state index is 5.32. The van der Waals surface area contributed by atoms with Crippen LogP contribution < -0.4 is 5.32 Å². The third-order valence-corrected chi connectivity index (χ3v) is 2.88. The summed E-state index contributed by atoms with van der Waals surface area (Å²) in [4.78, 5) is 0. The van der Waals surface area contributed by atoms with Crippen LogP contribution in [0.4, 0.5) is 0 Å². The van der Waals surface area contributed by atoms with Crippen LogP contribution in [0, 0.1) is 12.3 Å². The topological polar surface area (TPSA) is 12.0 Å². The first kappa shape index (κ1) is 12.8. The van der Waals surface area contributed by atoms with E-state index in [0.717, 1.165) is 25.8 Å². The van der Waals surface area contributed by atoms with Gasteiger partial charge in [0.05, 0.1) is 0 Å². The van der Waals surface area contributed by atoms with Crippen molar-refractivity contribution in [1.82, 2.24) is 5.32 Å². The lowest BCUT2D eigenvalue weighted by Gasteiger charge is -2.14. The lowest BCUT2D eigenvalue weighted by Crippen LogP contribution is -2.27. The van der Waals surface area contributed by atoms with Crippen LogP contribution in [0.15, 0.2) is 24.3 Å². The van der Waals surface area contributed by atoms with Crippen LogP contribution in [0.25, 0.3) is 0 Å². The van der Waals surface area contributed by atoms with Crippen LogP contribution >= 0.6 is 0 Å². The molecule has 0 fully saturated rings. The maximum absolute atomic E-state index is 5.32. The van der Waals surface area contributed by atoms with Gasteiger partial charge >= 0.3 is 0 Å². The van der Waals surface area contributed by atoms with Crippen molar-refractivity contribution >= 4 is 0 Å².